The van der Waals surface area contributed by atoms with Crippen molar-refractivity contribution in [3.8, 4) is 11.1 Å². The number of nitrogen functional groups attached to an aromatic ring is 1. The Morgan fingerprint density at radius 2 is 1.72 bits per heavy atom. The Morgan fingerprint density at radius 1 is 0.974 bits per heavy atom. The zero-order valence-electron chi connectivity index (χ0n) is 21.6. The van der Waals surface area contributed by atoms with Crippen LogP contribution in [0.4, 0.5) is 17.2 Å². The minimum absolute atomic E-state index is 0.169. The molecule has 1 saturated heterocycles. The zero-order chi connectivity index (χ0) is 27.4. The lowest BCUT2D eigenvalue weighted by atomic mass is 10.1. The minimum atomic E-state index is -3.80. The van der Waals surface area contributed by atoms with Gasteiger partial charge in [0.25, 0.3) is 10.0 Å². The molecule has 0 spiro atoms. The van der Waals surface area contributed by atoms with E-state index in [0.717, 1.165) is 47.1 Å². The van der Waals surface area contributed by atoms with E-state index in [2.05, 4.69) is 27.1 Å². The Balaban J connectivity index is 1.27. The zero-order valence-corrected chi connectivity index (χ0v) is 22.4. The predicted molar refractivity (Wildman–Crippen MR) is 155 cm³/mol. The number of nitrogens with two attached hydrogens (primary N) is 1. The van der Waals surface area contributed by atoms with E-state index in [1.807, 2.05) is 12.1 Å². The molecule has 0 bridgehead atoms. The number of pyridine rings is 1. The van der Waals surface area contributed by atoms with E-state index in [1.54, 1.807) is 66.9 Å². The average molecular weight is 543 g/mol. The SMILES string of the molecule is CN1CCN(c2cc(-c3ccc(S(=O)(=O)n4ccc(C=CC(=O)Nc5ccccc5N)c4)cc3)ccn2)CC1. The van der Waals surface area contributed by atoms with Gasteiger partial charge in [0.2, 0.25) is 5.91 Å². The molecule has 1 aliphatic heterocycles. The monoisotopic (exact) mass is 542 g/mol. The van der Waals surface area contributed by atoms with Crippen LogP contribution in [0.2, 0.25) is 0 Å². The number of carbonyl (C=O) groups excluding carboxylic acids is 1. The first-order valence-corrected chi connectivity index (χ1v) is 14.0. The molecule has 10 heteroatoms. The fraction of sp³-hybridized carbons (Fsp3) is 0.172. The number of aromatic nitrogens is 2. The van der Waals surface area contributed by atoms with Gasteiger partial charge in [0.1, 0.15) is 5.82 Å². The molecule has 3 heterocycles. The minimum Gasteiger partial charge on any atom is -0.397 e. The van der Waals surface area contributed by atoms with Crippen LogP contribution in [0.25, 0.3) is 17.2 Å². The number of hydrogen-bond donors (Lipinski definition) is 2. The number of carbonyl (C=O) groups is 1. The number of para-hydroxylation sites is 2. The summed E-state index contributed by atoms with van der Waals surface area (Å²) in [6.07, 6.45) is 7.59. The third-order valence-electron chi connectivity index (χ3n) is 6.67. The smallest absolute Gasteiger partial charge is 0.267 e. The van der Waals surface area contributed by atoms with Crippen LogP contribution in [0.1, 0.15) is 5.56 Å². The molecule has 2 aromatic heterocycles. The molecule has 1 aliphatic rings. The molecule has 0 unspecified atom stereocenters. The largest absolute Gasteiger partial charge is 0.397 e. The molecular formula is C29H30N6O3S. The number of rotatable bonds is 7. The molecule has 0 radical (unpaired) electrons. The highest BCUT2D eigenvalue weighted by Gasteiger charge is 2.18. The lowest BCUT2D eigenvalue weighted by Crippen LogP contribution is -2.44. The van der Waals surface area contributed by atoms with Gasteiger partial charge in [0.15, 0.2) is 0 Å². The second-order valence-electron chi connectivity index (χ2n) is 9.41. The Kier molecular flexibility index (Phi) is 7.49. The summed E-state index contributed by atoms with van der Waals surface area (Å²) in [5.41, 5.74) is 9.28. The maximum Gasteiger partial charge on any atom is 0.267 e. The molecule has 0 aliphatic carbocycles. The van der Waals surface area contributed by atoms with Crippen molar-refractivity contribution in [1.29, 1.82) is 0 Å². The van der Waals surface area contributed by atoms with Gasteiger partial charge in [-0.25, -0.2) is 17.4 Å². The number of piperazine rings is 1. The van der Waals surface area contributed by atoms with Gasteiger partial charge in [-0.3, -0.25) is 4.79 Å². The second kappa shape index (κ2) is 11.1. The molecule has 1 amide bonds. The lowest BCUT2D eigenvalue weighted by Gasteiger charge is -2.33. The van der Waals surface area contributed by atoms with Gasteiger partial charge >= 0.3 is 0 Å². The van der Waals surface area contributed by atoms with Crippen LogP contribution >= 0.6 is 0 Å². The van der Waals surface area contributed by atoms with E-state index in [9.17, 15) is 13.2 Å². The molecule has 9 nitrogen and oxygen atoms in total. The molecule has 39 heavy (non-hydrogen) atoms. The van der Waals surface area contributed by atoms with Gasteiger partial charge in [-0.15, -0.1) is 0 Å². The maximum atomic E-state index is 13.2. The molecule has 2 aromatic carbocycles. The summed E-state index contributed by atoms with van der Waals surface area (Å²) >= 11 is 0. The van der Waals surface area contributed by atoms with Gasteiger partial charge in [0.05, 0.1) is 16.3 Å². The van der Waals surface area contributed by atoms with Crippen LogP contribution in [0, 0.1) is 0 Å². The first kappa shape index (κ1) is 26.2. The molecule has 0 atom stereocenters. The Morgan fingerprint density at radius 3 is 2.46 bits per heavy atom. The van der Waals surface area contributed by atoms with Gasteiger partial charge in [-0.2, -0.15) is 0 Å². The Labute approximate surface area is 228 Å². The van der Waals surface area contributed by atoms with Crippen molar-refractivity contribution >= 4 is 39.2 Å². The van der Waals surface area contributed by atoms with E-state index in [-0.39, 0.29) is 10.8 Å². The van der Waals surface area contributed by atoms with Gasteiger partial charge < -0.3 is 20.9 Å². The van der Waals surface area contributed by atoms with Crippen LogP contribution in [0.3, 0.4) is 0 Å². The van der Waals surface area contributed by atoms with Crippen LogP contribution in [0.5, 0.6) is 0 Å². The van der Waals surface area contributed by atoms with Crippen LogP contribution < -0.4 is 16.0 Å². The predicted octanol–water partition coefficient (Wildman–Crippen LogP) is 3.77. The van der Waals surface area contributed by atoms with Crippen LogP contribution in [-0.4, -0.2) is 61.4 Å². The summed E-state index contributed by atoms with van der Waals surface area (Å²) < 4.78 is 27.6. The summed E-state index contributed by atoms with van der Waals surface area (Å²) in [5, 5.41) is 2.70. The lowest BCUT2D eigenvalue weighted by molar-refractivity contribution is -0.111. The highest BCUT2D eigenvalue weighted by Crippen LogP contribution is 2.26. The molecule has 5 rings (SSSR count). The number of hydrogen-bond acceptors (Lipinski definition) is 7. The van der Waals surface area contributed by atoms with Crippen molar-refractivity contribution in [3.63, 3.8) is 0 Å². The van der Waals surface area contributed by atoms with Crippen molar-refractivity contribution in [2.75, 3.05) is 49.2 Å². The normalized spacial score (nSPS) is 14.5. The third kappa shape index (κ3) is 6.02. The summed E-state index contributed by atoms with van der Waals surface area (Å²) in [7, 11) is -1.68. The van der Waals surface area contributed by atoms with E-state index in [1.165, 1.54) is 18.5 Å². The second-order valence-corrected chi connectivity index (χ2v) is 11.3. The van der Waals surface area contributed by atoms with E-state index < -0.39 is 10.0 Å². The van der Waals surface area contributed by atoms with Gasteiger partial charge in [0, 0.05) is 50.8 Å². The van der Waals surface area contributed by atoms with E-state index >= 15 is 0 Å². The summed E-state index contributed by atoms with van der Waals surface area (Å²) in [5.74, 6) is 0.553. The van der Waals surface area contributed by atoms with Crippen molar-refractivity contribution < 1.29 is 13.2 Å². The Bertz CT molecular complexity index is 1600. The van der Waals surface area contributed by atoms with Crippen molar-refractivity contribution in [2.45, 2.75) is 4.90 Å². The number of amides is 1. The quantitative estimate of drug-likeness (QED) is 0.270. The summed E-state index contributed by atoms with van der Waals surface area (Å²) in [6.45, 7) is 3.83. The molecule has 3 N–H and O–H groups in total. The highest BCUT2D eigenvalue weighted by atomic mass is 32.2. The molecule has 200 valence electrons. The molecular weight excluding hydrogens is 512 g/mol. The topological polar surface area (TPSA) is 114 Å². The Hall–Kier alpha value is -4.41. The van der Waals surface area contributed by atoms with Gasteiger partial charge in [-0.05, 0) is 72.3 Å². The fourth-order valence-electron chi connectivity index (χ4n) is 4.35. The highest BCUT2D eigenvalue weighted by molar-refractivity contribution is 7.90. The number of likely N-dealkylation sites (N-methyl/N-ethyl adjacent to an activating group) is 1. The molecule has 0 saturated carbocycles. The first-order valence-electron chi connectivity index (χ1n) is 12.6. The molecule has 4 aromatic rings. The number of anilines is 3. The van der Waals surface area contributed by atoms with E-state index in [4.69, 9.17) is 5.73 Å². The van der Waals surface area contributed by atoms with Crippen LogP contribution in [-0.2, 0) is 14.8 Å². The van der Waals surface area contributed by atoms with Crippen molar-refractivity contribution in [3.05, 3.63) is 97.0 Å². The maximum absolute atomic E-state index is 13.2. The fourth-order valence-corrected chi connectivity index (χ4v) is 5.55. The number of benzene rings is 2. The standard InChI is InChI=1S/C29H30N6O3S/c1-33-16-18-34(19-17-33)28-20-24(12-14-31-28)23-7-9-25(10-8-23)39(37,38)35-15-13-22(21-35)6-11-29(36)32-27-5-3-2-4-26(27)30/h2-15,20-21H,16-19,30H2,1H3,(H,32,36). The molecule has 1 fully saturated rings. The van der Waals surface area contributed by atoms with Gasteiger partial charge in [-0.1, -0.05) is 24.3 Å². The number of nitrogens with zero attached hydrogens (tertiary/aromatic N) is 4. The third-order valence-corrected chi connectivity index (χ3v) is 8.32. The number of nitrogens with one attached hydrogen (secondary N) is 1. The van der Waals surface area contributed by atoms with Crippen molar-refractivity contribution in [2.24, 2.45) is 0 Å². The van der Waals surface area contributed by atoms with Crippen LogP contribution in [0.15, 0.2) is 96.3 Å². The first-order chi connectivity index (χ1) is 18.8. The van der Waals surface area contributed by atoms with E-state index in [0.29, 0.717) is 16.9 Å². The summed E-state index contributed by atoms with van der Waals surface area (Å²) in [6, 6.07) is 19.4. The average Bonchev–Trinajstić information content (AvgIpc) is 3.44. The van der Waals surface area contributed by atoms with Crippen molar-refractivity contribution in [1.82, 2.24) is 13.9 Å². The summed E-state index contributed by atoms with van der Waals surface area (Å²) in [4.78, 5) is 21.5.